The summed E-state index contributed by atoms with van der Waals surface area (Å²) >= 11 is 4.51. The molecule has 0 aliphatic rings. The molecule has 3 rings (SSSR count). The molecule has 0 spiro atoms. The van der Waals surface area contributed by atoms with Crippen molar-refractivity contribution < 1.29 is 4.79 Å². The molecule has 9 heteroatoms. The van der Waals surface area contributed by atoms with Gasteiger partial charge >= 0.3 is 0 Å². The second-order valence-electron chi connectivity index (χ2n) is 5.23. The number of carbonyl (C=O) groups excluding carboxylic acids is 1. The van der Waals surface area contributed by atoms with Crippen LogP contribution in [0.3, 0.4) is 0 Å². The first-order valence-corrected chi connectivity index (χ1v) is 10.6. The highest BCUT2D eigenvalue weighted by atomic mass is 32.2. The molecule has 1 amide bonds. The highest BCUT2D eigenvalue weighted by Crippen LogP contribution is 2.30. The lowest BCUT2D eigenvalue weighted by molar-refractivity contribution is -0.118. The molecule has 1 aromatic carbocycles. The Hall–Kier alpha value is -2.10. The molecular formula is C17H17N5OS3. The molecule has 0 aliphatic heterocycles. The van der Waals surface area contributed by atoms with Crippen molar-refractivity contribution in [1.82, 2.24) is 20.2 Å². The Morgan fingerprint density at radius 3 is 2.69 bits per heavy atom. The second kappa shape index (κ2) is 9.56. The Bertz CT molecular complexity index is 875. The molecular weight excluding hydrogens is 386 g/mol. The first kappa shape index (κ1) is 18.7. The van der Waals surface area contributed by atoms with Gasteiger partial charge in [-0.3, -0.25) is 4.79 Å². The van der Waals surface area contributed by atoms with Gasteiger partial charge in [-0.1, -0.05) is 65.2 Å². The number of rotatable bonds is 8. The normalized spacial score (nSPS) is 11.1. The topological polar surface area (TPSA) is 72.2 Å². The lowest BCUT2D eigenvalue weighted by Crippen LogP contribution is -2.19. The molecule has 134 valence electrons. The quantitative estimate of drug-likeness (QED) is 0.354. The minimum atomic E-state index is -0.172. The van der Waals surface area contributed by atoms with Crippen LogP contribution in [0, 0.1) is 0 Å². The number of nitrogens with one attached hydrogen (secondary N) is 1. The van der Waals surface area contributed by atoms with Crippen LogP contribution in [-0.4, -0.2) is 32.6 Å². The molecule has 1 N–H and O–H groups in total. The molecule has 6 nitrogen and oxygen atoms in total. The van der Waals surface area contributed by atoms with Crippen molar-refractivity contribution in [2.75, 3.05) is 5.75 Å². The Morgan fingerprint density at radius 2 is 1.96 bits per heavy atom. The lowest BCUT2D eigenvalue weighted by atomic mass is 10.2. The average Bonchev–Trinajstić information content (AvgIpc) is 3.28. The smallest absolute Gasteiger partial charge is 0.250 e. The number of carbonyl (C=O) groups is 1. The number of hydrogen-bond acceptors (Lipinski definition) is 7. The van der Waals surface area contributed by atoms with Crippen LogP contribution < -0.4 is 5.43 Å². The Labute approximate surface area is 164 Å². The third-order valence-electron chi connectivity index (χ3n) is 3.29. The molecule has 0 saturated heterocycles. The largest absolute Gasteiger partial charge is 0.350 e. The minimum absolute atomic E-state index is 0.172. The van der Waals surface area contributed by atoms with Crippen LogP contribution in [0.25, 0.3) is 0 Å². The number of aromatic nitrogens is 3. The summed E-state index contributed by atoms with van der Waals surface area (Å²) in [5, 5.41) is 12.2. The van der Waals surface area contributed by atoms with Gasteiger partial charge in [0.05, 0.1) is 17.7 Å². The van der Waals surface area contributed by atoms with E-state index in [0.717, 1.165) is 20.1 Å². The SMILES string of the molecule is Cn1cccc1/C=N\NC(=O)CSc1nnc(SCc2ccccc2)s1. The molecule has 0 atom stereocenters. The van der Waals surface area contributed by atoms with E-state index in [9.17, 15) is 4.79 Å². The van der Waals surface area contributed by atoms with Gasteiger partial charge in [0, 0.05) is 19.0 Å². The molecule has 3 aromatic rings. The Balaban J connectivity index is 1.40. The fourth-order valence-electron chi connectivity index (χ4n) is 1.97. The van der Waals surface area contributed by atoms with Gasteiger partial charge in [0.2, 0.25) is 0 Å². The molecule has 0 radical (unpaired) electrons. The van der Waals surface area contributed by atoms with Gasteiger partial charge in [-0.15, -0.1) is 10.2 Å². The summed E-state index contributed by atoms with van der Waals surface area (Å²) in [5.74, 6) is 0.936. The summed E-state index contributed by atoms with van der Waals surface area (Å²) in [6.45, 7) is 0. The van der Waals surface area contributed by atoms with Crippen LogP contribution in [0.15, 0.2) is 62.4 Å². The van der Waals surface area contributed by atoms with Crippen molar-refractivity contribution >= 4 is 47.0 Å². The predicted molar refractivity (Wildman–Crippen MR) is 108 cm³/mol. The third-order valence-corrected chi connectivity index (χ3v) is 6.55. The maximum absolute atomic E-state index is 11.8. The highest BCUT2D eigenvalue weighted by molar-refractivity contribution is 8.03. The molecule has 0 unspecified atom stereocenters. The van der Waals surface area contributed by atoms with Crippen LogP contribution in [0.2, 0.25) is 0 Å². The highest BCUT2D eigenvalue weighted by Gasteiger charge is 2.08. The van der Waals surface area contributed by atoms with E-state index >= 15 is 0 Å². The number of benzene rings is 1. The van der Waals surface area contributed by atoms with E-state index in [1.807, 2.05) is 48.1 Å². The zero-order chi connectivity index (χ0) is 18.2. The molecule has 0 saturated carbocycles. The summed E-state index contributed by atoms with van der Waals surface area (Å²) < 4.78 is 3.60. The van der Waals surface area contributed by atoms with E-state index in [0.29, 0.717) is 0 Å². The van der Waals surface area contributed by atoms with E-state index in [-0.39, 0.29) is 11.7 Å². The van der Waals surface area contributed by atoms with Gasteiger partial charge in [-0.05, 0) is 17.7 Å². The zero-order valence-electron chi connectivity index (χ0n) is 14.0. The number of hydrazone groups is 1. The van der Waals surface area contributed by atoms with Gasteiger partial charge in [-0.2, -0.15) is 5.10 Å². The lowest BCUT2D eigenvalue weighted by Gasteiger charge is -1.98. The maximum atomic E-state index is 11.8. The summed E-state index contributed by atoms with van der Waals surface area (Å²) in [5.41, 5.74) is 4.69. The average molecular weight is 404 g/mol. The van der Waals surface area contributed by atoms with Crippen LogP contribution in [0.5, 0.6) is 0 Å². The fraction of sp³-hybridized carbons (Fsp3) is 0.176. The molecule has 0 fully saturated rings. The van der Waals surface area contributed by atoms with Gasteiger partial charge in [-0.25, -0.2) is 5.43 Å². The molecule has 26 heavy (non-hydrogen) atoms. The predicted octanol–water partition coefficient (Wildman–Crippen LogP) is 3.41. The summed E-state index contributed by atoms with van der Waals surface area (Å²) in [4.78, 5) is 11.8. The van der Waals surface area contributed by atoms with Crippen LogP contribution in [-0.2, 0) is 17.6 Å². The first-order chi connectivity index (χ1) is 12.7. The van der Waals surface area contributed by atoms with Crippen molar-refractivity contribution in [3.8, 4) is 0 Å². The molecule has 2 heterocycles. The number of thioether (sulfide) groups is 2. The van der Waals surface area contributed by atoms with E-state index in [2.05, 4.69) is 32.9 Å². The zero-order valence-corrected chi connectivity index (χ0v) is 16.5. The third kappa shape index (κ3) is 5.72. The Morgan fingerprint density at radius 1 is 1.19 bits per heavy atom. The van der Waals surface area contributed by atoms with Gasteiger partial charge in [0.25, 0.3) is 5.91 Å². The number of hydrogen-bond donors (Lipinski definition) is 1. The minimum Gasteiger partial charge on any atom is -0.350 e. The van der Waals surface area contributed by atoms with E-state index < -0.39 is 0 Å². The second-order valence-corrected chi connectivity index (χ2v) is 8.66. The summed E-state index contributed by atoms with van der Waals surface area (Å²) in [7, 11) is 1.92. The van der Waals surface area contributed by atoms with Crippen LogP contribution in [0.1, 0.15) is 11.3 Å². The number of nitrogens with zero attached hydrogens (tertiary/aromatic N) is 4. The molecule has 0 bridgehead atoms. The van der Waals surface area contributed by atoms with Crippen molar-refractivity contribution in [1.29, 1.82) is 0 Å². The van der Waals surface area contributed by atoms with Gasteiger partial charge in [0.15, 0.2) is 8.68 Å². The van der Waals surface area contributed by atoms with E-state index in [1.54, 1.807) is 18.0 Å². The van der Waals surface area contributed by atoms with Gasteiger partial charge in [0.1, 0.15) is 0 Å². The standard InChI is InChI=1S/C17H17N5OS3/c1-22-9-5-8-14(22)10-18-19-15(23)12-25-17-21-20-16(26-17)24-11-13-6-3-2-4-7-13/h2-10H,11-12H2,1H3,(H,19,23)/b18-10-. The fourth-order valence-corrected chi connectivity index (χ4v) is 4.74. The van der Waals surface area contributed by atoms with E-state index in [4.69, 9.17) is 0 Å². The Kier molecular flexibility index (Phi) is 6.87. The van der Waals surface area contributed by atoms with Crippen molar-refractivity contribution in [3.05, 3.63) is 59.9 Å². The first-order valence-electron chi connectivity index (χ1n) is 7.77. The maximum Gasteiger partial charge on any atom is 0.250 e. The monoisotopic (exact) mass is 403 g/mol. The van der Waals surface area contributed by atoms with Crippen LogP contribution in [0.4, 0.5) is 0 Å². The van der Waals surface area contributed by atoms with Crippen molar-refractivity contribution in [3.63, 3.8) is 0 Å². The number of amides is 1. The van der Waals surface area contributed by atoms with Gasteiger partial charge < -0.3 is 4.57 Å². The number of aryl methyl sites for hydroxylation is 1. The van der Waals surface area contributed by atoms with Crippen molar-refractivity contribution in [2.24, 2.45) is 12.1 Å². The van der Waals surface area contributed by atoms with Crippen LogP contribution >= 0.6 is 34.9 Å². The summed E-state index contributed by atoms with van der Waals surface area (Å²) in [6, 6.07) is 14.1. The molecule has 2 aromatic heterocycles. The molecule has 0 aliphatic carbocycles. The van der Waals surface area contributed by atoms with E-state index in [1.165, 1.54) is 28.7 Å². The summed E-state index contributed by atoms with van der Waals surface area (Å²) in [6.07, 6.45) is 3.54. The van der Waals surface area contributed by atoms with Crippen molar-refractivity contribution in [2.45, 2.75) is 14.4 Å².